The largest absolute Gasteiger partial charge is 0.486 e. The van der Waals surface area contributed by atoms with Crippen molar-refractivity contribution in [2.24, 2.45) is 0 Å². The van der Waals surface area contributed by atoms with Gasteiger partial charge in [-0.1, -0.05) is 68.9 Å². The Labute approximate surface area is 182 Å². The van der Waals surface area contributed by atoms with Gasteiger partial charge in [0.1, 0.15) is 6.61 Å². The molecule has 140 valence electrons. The first kappa shape index (κ1) is 20.3. The molecule has 3 aromatic carbocycles. The third-order valence-electron chi connectivity index (χ3n) is 4.02. The zero-order valence-electron chi connectivity index (χ0n) is 14.5. The number of ether oxygens (including phenoxy) is 1. The van der Waals surface area contributed by atoms with Gasteiger partial charge in [0.05, 0.1) is 10.0 Å². The molecule has 0 unspecified atom stereocenters. The van der Waals surface area contributed by atoms with Gasteiger partial charge in [-0.3, -0.25) is 0 Å². The van der Waals surface area contributed by atoms with E-state index < -0.39 is 0 Å². The summed E-state index contributed by atoms with van der Waals surface area (Å²) in [5.74, 6) is 0.489. The van der Waals surface area contributed by atoms with Crippen LogP contribution in [-0.4, -0.2) is 0 Å². The number of benzene rings is 3. The number of anilines is 1. The van der Waals surface area contributed by atoms with Gasteiger partial charge in [0.25, 0.3) is 0 Å². The molecule has 0 spiro atoms. The van der Waals surface area contributed by atoms with E-state index >= 15 is 0 Å². The highest BCUT2D eigenvalue weighted by atomic mass is 79.9. The van der Waals surface area contributed by atoms with Crippen molar-refractivity contribution in [3.8, 4) is 5.75 Å². The lowest BCUT2D eigenvalue weighted by Crippen LogP contribution is -2.01. The zero-order chi connectivity index (χ0) is 19.4. The minimum atomic E-state index is 0.395. The highest BCUT2D eigenvalue weighted by Crippen LogP contribution is 2.35. The Morgan fingerprint density at radius 3 is 2.15 bits per heavy atom. The van der Waals surface area contributed by atoms with Crippen LogP contribution < -0.4 is 10.1 Å². The molecule has 0 bridgehead atoms. The maximum atomic E-state index is 6.39. The summed E-state index contributed by atoms with van der Waals surface area (Å²) in [5.41, 5.74) is 3.97. The maximum Gasteiger partial charge on any atom is 0.156 e. The summed E-state index contributed by atoms with van der Waals surface area (Å²) in [6.45, 7) is 2.94. The van der Waals surface area contributed by atoms with E-state index in [2.05, 4.69) is 21.2 Å². The van der Waals surface area contributed by atoms with Crippen molar-refractivity contribution >= 4 is 56.4 Å². The van der Waals surface area contributed by atoms with E-state index in [1.54, 1.807) is 0 Å². The van der Waals surface area contributed by atoms with Crippen LogP contribution in [0.15, 0.2) is 59.1 Å². The van der Waals surface area contributed by atoms with Crippen LogP contribution in [0.25, 0.3) is 0 Å². The Morgan fingerprint density at radius 1 is 0.852 bits per heavy atom. The molecule has 27 heavy (non-hydrogen) atoms. The number of rotatable bonds is 6. The molecule has 0 aliphatic rings. The first-order chi connectivity index (χ1) is 12.9. The van der Waals surface area contributed by atoms with Crippen LogP contribution in [0.1, 0.15) is 16.7 Å². The Hall–Kier alpha value is -1.39. The Balaban J connectivity index is 1.66. The molecule has 0 fully saturated rings. The van der Waals surface area contributed by atoms with Gasteiger partial charge >= 0.3 is 0 Å². The van der Waals surface area contributed by atoms with Crippen LogP contribution in [0.2, 0.25) is 15.1 Å². The highest BCUT2D eigenvalue weighted by Gasteiger charge is 2.10. The van der Waals surface area contributed by atoms with Crippen LogP contribution in [0.4, 0.5) is 5.69 Å². The Bertz CT molecular complexity index is 922. The summed E-state index contributed by atoms with van der Waals surface area (Å²) >= 11 is 22.4. The van der Waals surface area contributed by atoms with E-state index in [9.17, 15) is 0 Å². The van der Waals surface area contributed by atoms with Gasteiger partial charge in [-0.2, -0.15) is 0 Å². The molecule has 0 aromatic heterocycles. The smallest absolute Gasteiger partial charge is 0.156 e. The minimum Gasteiger partial charge on any atom is -0.486 e. The monoisotopic (exact) mass is 483 g/mol. The standard InChI is InChI=1S/C21H17BrCl3NO/c1-13-2-7-17(10-18(13)23)26-11-15-8-19(24)21(20(25)9-15)27-12-14-3-5-16(22)6-4-14/h2-10,26H,11-12H2,1H3. The van der Waals surface area contributed by atoms with Crippen molar-refractivity contribution in [1.82, 2.24) is 0 Å². The van der Waals surface area contributed by atoms with Crippen LogP contribution in [0, 0.1) is 6.92 Å². The molecule has 0 aliphatic carbocycles. The fourth-order valence-electron chi connectivity index (χ4n) is 2.50. The lowest BCUT2D eigenvalue weighted by Gasteiger charge is -2.13. The molecule has 6 heteroatoms. The van der Waals surface area contributed by atoms with Gasteiger partial charge in [-0.25, -0.2) is 0 Å². The van der Waals surface area contributed by atoms with Crippen molar-refractivity contribution in [3.63, 3.8) is 0 Å². The van der Waals surface area contributed by atoms with Gasteiger partial charge in [0.2, 0.25) is 0 Å². The second-order valence-electron chi connectivity index (χ2n) is 6.12. The normalized spacial score (nSPS) is 10.7. The van der Waals surface area contributed by atoms with Crippen LogP contribution in [0.5, 0.6) is 5.75 Å². The third-order valence-corrected chi connectivity index (χ3v) is 5.52. The summed E-state index contributed by atoms with van der Waals surface area (Å²) in [7, 11) is 0. The summed E-state index contributed by atoms with van der Waals surface area (Å²) in [5, 5.41) is 5.02. The number of aryl methyl sites for hydroxylation is 1. The minimum absolute atomic E-state index is 0.395. The Morgan fingerprint density at radius 2 is 1.52 bits per heavy atom. The van der Waals surface area contributed by atoms with Gasteiger partial charge in [0.15, 0.2) is 5.75 Å². The second kappa shape index (κ2) is 9.20. The predicted molar refractivity (Wildman–Crippen MR) is 118 cm³/mol. The lowest BCUT2D eigenvalue weighted by molar-refractivity contribution is 0.306. The first-order valence-corrected chi connectivity index (χ1v) is 10.2. The zero-order valence-corrected chi connectivity index (χ0v) is 18.4. The molecular weight excluding hydrogens is 469 g/mol. The van der Waals surface area contributed by atoms with E-state index in [1.807, 2.05) is 61.5 Å². The first-order valence-electron chi connectivity index (χ1n) is 8.27. The molecule has 1 N–H and O–H groups in total. The lowest BCUT2D eigenvalue weighted by atomic mass is 10.2. The summed E-state index contributed by atoms with van der Waals surface area (Å²) in [4.78, 5) is 0. The van der Waals surface area contributed by atoms with Crippen molar-refractivity contribution in [2.45, 2.75) is 20.1 Å². The van der Waals surface area contributed by atoms with E-state index in [0.29, 0.717) is 28.9 Å². The second-order valence-corrected chi connectivity index (χ2v) is 8.26. The fraction of sp³-hybridized carbons (Fsp3) is 0.143. The molecule has 0 heterocycles. The third kappa shape index (κ3) is 5.55. The van der Waals surface area contributed by atoms with Gasteiger partial charge in [0, 0.05) is 21.7 Å². The molecule has 0 radical (unpaired) electrons. The maximum absolute atomic E-state index is 6.39. The predicted octanol–water partition coefficient (Wildman–Crippen LogP) is 7.91. The van der Waals surface area contributed by atoms with Crippen LogP contribution in [0.3, 0.4) is 0 Å². The summed E-state index contributed by atoms with van der Waals surface area (Å²) in [6, 6.07) is 17.5. The number of hydrogen-bond donors (Lipinski definition) is 1. The van der Waals surface area contributed by atoms with E-state index in [4.69, 9.17) is 39.5 Å². The molecule has 0 amide bonds. The molecular formula is C21H17BrCl3NO. The van der Waals surface area contributed by atoms with E-state index in [1.165, 1.54) is 0 Å². The summed E-state index contributed by atoms with van der Waals surface area (Å²) in [6.07, 6.45) is 0. The number of hydrogen-bond acceptors (Lipinski definition) is 2. The Kier molecular flexibility index (Phi) is 6.93. The van der Waals surface area contributed by atoms with Crippen molar-refractivity contribution in [1.29, 1.82) is 0 Å². The van der Waals surface area contributed by atoms with Gasteiger partial charge < -0.3 is 10.1 Å². The number of halogens is 4. The molecule has 0 saturated heterocycles. The molecule has 0 aliphatic heterocycles. The molecule has 2 nitrogen and oxygen atoms in total. The van der Waals surface area contributed by atoms with E-state index in [-0.39, 0.29) is 0 Å². The van der Waals surface area contributed by atoms with Crippen molar-refractivity contribution < 1.29 is 4.74 Å². The fourth-order valence-corrected chi connectivity index (χ4v) is 3.58. The molecule has 0 saturated carbocycles. The average molecular weight is 486 g/mol. The van der Waals surface area contributed by atoms with Crippen LogP contribution in [-0.2, 0) is 13.2 Å². The summed E-state index contributed by atoms with van der Waals surface area (Å²) < 4.78 is 6.85. The van der Waals surface area contributed by atoms with Gasteiger partial charge in [-0.15, -0.1) is 0 Å². The highest BCUT2D eigenvalue weighted by molar-refractivity contribution is 9.10. The SMILES string of the molecule is Cc1ccc(NCc2cc(Cl)c(OCc3ccc(Br)cc3)c(Cl)c2)cc1Cl. The van der Waals surface area contributed by atoms with E-state index in [0.717, 1.165) is 31.9 Å². The van der Waals surface area contributed by atoms with Crippen molar-refractivity contribution in [3.05, 3.63) is 90.8 Å². The molecule has 3 aromatic rings. The topological polar surface area (TPSA) is 21.3 Å². The van der Waals surface area contributed by atoms with Crippen LogP contribution >= 0.6 is 50.7 Å². The number of nitrogens with one attached hydrogen (secondary N) is 1. The molecule has 3 rings (SSSR count). The van der Waals surface area contributed by atoms with Crippen molar-refractivity contribution in [2.75, 3.05) is 5.32 Å². The quantitative estimate of drug-likeness (QED) is 0.383. The van der Waals surface area contributed by atoms with Gasteiger partial charge in [-0.05, 0) is 60.0 Å². The average Bonchev–Trinajstić information content (AvgIpc) is 2.63. The molecule has 0 atom stereocenters.